The van der Waals surface area contributed by atoms with Crippen molar-refractivity contribution in [1.82, 2.24) is 4.98 Å². The molecule has 0 atom stereocenters. The second-order valence-electron chi connectivity index (χ2n) is 8.96. The van der Waals surface area contributed by atoms with Gasteiger partial charge in [0.25, 0.3) is 0 Å². The smallest absolute Gasteiger partial charge is 0.363 e. The van der Waals surface area contributed by atoms with E-state index in [0.29, 0.717) is 29.7 Å². The van der Waals surface area contributed by atoms with Gasteiger partial charge in [0.1, 0.15) is 0 Å². The summed E-state index contributed by atoms with van der Waals surface area (Å²) in [7, 11) is -3.60. The van der Waals surface area contributed by atoms with Crippen LogP contribution in [0.4, 0.5) is 0 Å². The highest BCUT2D eigenvalue weighted by atomic mass is 31.2. The topological polar surface area (TPSA) is 85.7 Å². The summed E-state index contributed by atoms with van der Waals surface area (Å²) in [4.78, 5) is 15.5. The number of hydrogen-bond acceptors (Lipinski definition) is 5. The molecule has 0 fully saturated rings. The molecular formula is C28H42NO5P. The van der Waals surface area contributed by atoms with Crippen LogP contribution in [-0.4, -0.2) is 29.3 Å². The van der Waals surface area contributed by atoms with Gasteiger partial charge in [0, 0.05) is 11.5 Å². The van der Waals surface area contributed by atoms with Gasteiger partial charge in [0.05, 0.1) is 29.7 Å². The van der Waals surface area contributed by atoms with Gasteiger partial charge in [-0.1, -0.05) is 96.3 Å². The number of pyridine rings is 1. The van der Waals surface area contributed by atoms with Crippen molar-refractivity contribution in [1.29, 1.82) is 0 Å². The van der Waals surface area contributed by atoms with Gasteiger partial charge in [-0.25, -0.2) is 9.78 Å². The lowest BCUT2D eigenvalue weighted by atomic mass is 10.1. The minimum absolute atomic E-state index is 0.370. The number of unbranched alkanes of at least 4 members (excludes halogenated alkanes) is 10. The van der Waals surface area contributed by atoms with Crippen LogP contribution in [0.25, 0.3) is 17.0 Å². The zero-order valence-electron chi connectivity index (χ0n) is 21.4. The lowest BCUT2D eigenvalue weighted by Gasteiger charge is -2.20. The van der Waals surface area contributed by atoms with Crippen LogP contribution in [-0.2, 0) is 18.4 Å². The molecule has 0 aliphatic rings. The van der Waals surface area contributed by atoms with Crippen molar-refractivity contribution in [3.05, 3.63) is 42.1 Å². The molecule has 35 heavy (non-hydrogen) atoms. The molecule has 0 amide bonds. The molecule has 7 heteroatoms. The van der Waals surface area contributed by atoms with E-state index in [-0.39, 0.29) is 0 Å². The third kappa shape index (κ3) is 10.6. The summed E-state index contributed by atoms with van der Waals surface area (Å²) in [6.07, 6.45) is 15.8. The maximum Gasteiger partial charge on any atom is 0.363 e. The second-order valence-corrected chi connectivity index (χ2v) is 10.9. The molecule has 2 rings (SSSR count). The van der Waals surface area contributed by atoms with Gasteiger partial charge in [-0.2, -0.15) is 0 Å². The van der Waals surface area contributed by atoms with Crippen molar-refractivity contribution in [3.63, 3.8) is 0 Å². The molecule has 0 saturated heterocycles. The molecule has 0 radical (unpaired) electrons. The number of fused-ring (bicyclic) bond motifs is 1. The van der Waals surface area contributed by atoms with Gasteiger partial charge in [0.15, 0.2) is 0 Å². The van der Waals surface area contributed by atoms with Crippen LogP contribution in [0.3, 0.4) is 0 Å². The van der Waals surface area contributed by atoms with E-state index in [0.717, 1.165) is 50.0 Å². The highest BCUT2D eigenvalue weighted by molar-refractivity contribution is 7.62. The predicted octanol–water partition coefficient (Wildman–Crippen LogP) is 7.91. The number of para-hydroxylation sites is 1. The van der Waals surface area contributed by atoms with Crippen LogP contribution in [0.5, 0.6) is 0 Å². The Bertz CT molecular complexity index is 953. The van der Waals surface area contributed by atoms with Gasteiger partial charge in [-0.05, 0) is 31.1 Å². The Morgan fingerprint density at radius 2 is 1.43 bits per heavy atom. The quantitative estimate of drug-likeness (QED) is 0.119. The standard InChI is InChI=1S/C28H42NO5P/c1-3-5-7-9-11-13-22-33-35(32,34-23-14-12-10-8-6-4-2)26-17-15-16-24-18-19-25(29-28(24)26)20-21-27(30)31/h15-21H,3-14,22-23H2,1-2H3,(H,30,31). The molecule has 1 aromatic heterocycles. The van der Waals surface area contributed by atoms with E-state index < -0.39 is 13.6 Å². The summed E-state index contributed by atoms with van der Waals surface area (Å²) in [5.41, 5.74) is 1.00. The van der Waals surface area contributed by atoms with Gasteiger partial charge >= 0.3 is 13.6 Å². The van der Waals surface area contributed by atoms with Crippen molar-refractivity contribution in [3.8, 4) is 0 Å². The van der Waals surface area contributed by atoms with Crippen LogP contribution in [0, 0.1) is 0 Å². The Morgan fingerprint density at radius 1 is 0.857 bits per heavy atom. The van der Waals surface area contributed by atoms with Gasteiger partial charge in [-0.3, -0.25) is 4.57 Å². The monoisotopic (exact) mass is 503 g/mol. The molecule has 0 bridgehead atoms. The first-order chi connectivity index (χ1) is 17.0. The average molecular weight is 504 g/mol. The van der Waals surface area contributed by atoms with E-state index >= 15 is 0 Å². The molecule has 0 unspecified atom stereocenters. The minimum atomic E-state index is -3.60. The lowest BCUT2D eigenvalue weighted by molar-refractivity contribution is -0.131. The van der Waals surface area contributed by atoms with E-state index in [1.165, 1.54) is 44.6 Å². The second kappa shape index (κ2) is 16.6. The predicted molar refractivity (Wildman–Crippen MR) is 144 cm³/mol. The first-order valence-electron chi connectivity index (χ1n) is 13.2. The number of aromatic nitrogens is 1. The molecule has 1 N–H and O–H groups in total. The fourth-order valence-electron chi connectivity index (χ4n) is 3.93. The van der Waals surface area contributed by atoms with E-state index in [9.17, 15) is 9.36 Å². The molecule has 1 heterocycles. The SMILES string of the molecule is CCCCCCCCOP(=O)(OCCCCCCCC)c1cccc2ccc(C=CC(=O)O)nc12. The molecule has 0 aliphatic carbocycles. The maximum atomic E-state index is 14.1. The summed E-state index contributed by atoms with van der Waals surface area (Å²) in [6.45, 7) is 5.13. The third-order valence-electron chi connectivity index (χ3n) is 5.93. The van der Waals surface area contributed by atoms with Gasteiger partial charge < -0.3 is 14.2 Å². The molecule has 194 valence electrons. The average Bonchev–Trinajstić information content (AvgIpc) is 2.86. The first-order valence-corrected chi connectivity index (χ1v) is 14.7. The number of rotatable bonds is 19. The normalized spacial score (nSPS) is 12.1. The van der Waals surface area contributed by atoms with Gasteiger partial charge in [0.2, 0.25) is 0 Å². The molecule has 1 aromatic carbocycles. The highest BCUT2D eigenvalue weighted by Gasteiger charge is 2.30. The van der Waals surface area contributed by atoms with Crippen LogP contribution >= 0.6 is 7.60 Å². The molecule has 6 nitrogen and oxygen atoms in total. The fourth-order valence-corrected chi connectivity index (χ4v) is 5.73. The molecule has 0 saturated carbocycles. The van der Waals surface area contributed by atoms with E-state index in [1.54, 1.807) is 12.1 Å². The summed E-state index contributed by atoms with van der Waals surface area (Å²) >= 11 is 0. The molecule has 0 aliphatic heterocycles. The Labute approximate surface area is 210 Å². The number of aliphatic carboxylic acids is 1. The van der Waals surface area contributed by atoms with Crippen molar-refractivity contribution in [2.45, 2.75) is 90.9 Å². The molecule has 2 aromatic rings. The van der Waals surface area contributed by atoms with E-state index in [1.807, 2.05) is 18.2 Å². The molecule has 0 spiro atoms. The van der Waals surface area contributed by atoms with E-state index in [2.05, 4.69) is 18.8 Å². The van der Waals surface area contributed by atoms with Crippen molar-refractivity contribution < 1.29 is 23.5 Å². The largest absolute Gasteiger partial charge is 0.478 e. The maximum absolute atomic E-state index is 14.1. The Morgan fingerprint density at radius 3 is 2.00 bits per heavy atom. The van der Waals surface area contributed by atoms with Crippen LogP contribution < -0.4 is 5.30 Å². The number of carbonyl (C=O) groups is 1. The molecular weight excluding hydrogens is 461 g/mol. The van der Waals surface area contributed by atoms with Gasteiger partial charge in [-0.15, -0.1) is 0 Å². The van der Waals surface area contributed by atoms with Crippen LogP contribution in [0.15, 0.2) is 36.4 Å². The third-order valence-corrected chi connectivity index (χ3v) is 7.93. The summed E-state index contributed by atoms with van der Waals surface area (Å²) in [5, 5.41) is 10.2. The number of benzene rings is 1. The highest BCUT2D eigenvalue weighted by Crippen LogP contribution is 2.49. The number of carboxylic acids is 1. The minimum Gasteiger partial charge on any atom is -0.478 e. The van der Waals surface area contributed by atoms with Crippen molar-refractivity contribution >= 4 is 35.8 Å². The number of hydrogen-bond donors (Lipinski definition) is 1. The lowest BCUT2D eigenvalue weighted by Crippen LogP contribution is -2.14. The number of carboxylic acid groups (broad SMARTS) is 1. The summed E-state index contributed by atoms with van der Waals surface area (Å²) in [5.74, 6) is -1.05. The Balaban J connectivity index is 2.17. The zero-order chi connectivity index (χ0) is 25.4. The first kappa shape index (κ1) is 29.2. The fraction of sp³-hybridized carbons (Fsp3) is 0.571. The zero-order valence-corrected chi connectivity index (χ0v) is 22.3. The van der Waals surface area contributed by atoms with Crippen molar-refractivity contribution in [2.75, 3.05) is 13.2 Å². The van der Waals surface area contributed by atoms with Crippen molar-refractivity contribution in [2.24, 2.45) is 0 Å². The van der Waals surface area contributed by atoms with E-state index in [4.69, 9.17) is 14.2 Å². The van der Waals surface area contributed by atoms with Crippen LogP contribution in [0.2, 0.25) is 0 Å². The van der Waals surface area contributed by atoms with Crippen LogP contribution in [0.1, 0.15) is 96.6 Å². The number of nitrogens with zero attached hydrogens (tertiary/aromatic N) is 1. The summed E-state index contributed by atoms with van der Waals surface area (Å²) in [6, 6.07) is 9.07. The Hall–Kier alpha value is -2.01. The Kier molecular flexibility index (Phi) is 13.9. The summed E-state index contributed by atoms with van der Waals surface area (Å²) < 4.78 is 26.1.